The highest BCUT2D eigenvalue weighted by Gasteiger charge is 2.08. The van der Waals surface area contributed by atoms with Crippen LogP contribution in [0, 0.1) is 2.88 Å². The summed E-state index contributed by atoms with van der Waals surface area (Å²) in [5, 5.41) is 4.75. The van der Waals surface area contributed by atoms with E-state index in [0.717, 1.165) is 14.2 Å². The minimum absolute atomic E-state index is 0.0555. The Morgan fingerprint density at radius 3 is 2.89 bits per heavy atom. The normalized spacial score (nSPS) is 10.1. The van der Waals surface area contributed by atoms with Crippen LogP contribution in [0.4, 0.5) is 0 Å². The number of carbonyl (C=O) groups excluding carboxylic acids is 1. The third-order valence-corrected chi connectivity index (χ3v) is 4.25. The van der Waals surface area contributed by atoms with Crippen LogP contribution in [0.2, 0.25) is 0 Å². The molecule has 1 heterocycles. The second kappa shape index (κ2) is 6.19. The molecule has 0 radical (unpaired) electrons. The van der Waals surface area contributed by atoms with Crippen molar-refractivity contribution in [3.8, 4) is 5.75 Å². The maximum atomic E-state index is 11.9. The molecular formula is C13H12INO2S. The summed E-state index contributed by atoms with van der Waals surface area (Å²) < 4.78 is 6.34. The summed E-state index contributed by atoms with van der Waals surface area (Å²) in [6.07, 6.45) is 0. The molecule has 0 atom stereocenters. The van der Waals surface area contributed by atoms with E-state index in [1.807, 2.05) is 35.7 Å². The Morgan fingerprint density at radius 1 is 1.44 bits per heavy atom. The second-order valence-electron chi connectivity index (χ2n) is 3.63. The summed E-state index contributed by atoms with van der Waals surface area (Å²) in [5.74, 6) is 0.734. The SMILES string of the molecule is COc1ccccc1CNC(=O)c1csc(I)c1. The summed E-state index contributed by atoms with van der Waals surface area (Å²) in [7, 11) is 1.63. The largest absolute Gasteiger partial charge is 0.496 e. The van der Waals surface area contributed by atoms with Crippen LogP contribution in [0.5, 0.6) is 5.75 Å². The van der Waals surface area contributed by atoms with Gasteiger partial charge in [0, 0.05) is 17.5 Å². The van der Waals surface area contributed by atoms with Gasteiger partial charge in [-0.15, -0.1) is 11.3 Å². The maximum Gasteiger partial charge on any atom is 0.252 e. The summed E-state index contributed by atoms with van der Waals surface area (Å²) >= 11 is 3.77. The highest BCUT2D eigenvalue weighted by atomic mass is 127. The molecule has 2 aromatic rings. The Bertz CT molecular complexity index is 553. The number of halogens is 1. The van der Waals surface area contributed by atoms with Crippen LogP contribution >= 0.6 is 33.9 Å². The van der Waals surface area contributed by atoms with Gasteiger partial charge in [0.1, 0.15) is 5.75 Å². The molecule has 5 heteroatoms. The third-order valence-electron chi connectivity index (χ3n) is 2.46. The zero-order chi connectivity index (χ0) is 13.0. The lowest BCUT2D eigenvalue weighted by molar-refractivity contribution is 0.0951. The van der Waals surface area contributed by atoms with E-state index in [9.17, 15) is 4.79 Å². The first kappa shape index (κ1) is 13.4. The molecule has 1 amide bonds. The van der Waals surface area contributed by atoms with Crippen molar-refractivity contribution in [2.45, 2.75) is 6.54 Å². The fourth-order valence-electron chi connectivity index (χ4n) is 1.56. The Kier molecular flexibility index (Phi) is 4.60. The molecular weight excluding hydrogens is 361 g/mol. The molecule has 0 aliphatic heterocycles. The fourth-order valence-corrected chi connectivity index (χ4v) is 2.88. The van der Waals surface area contributed by atoms with Crippen LogP contribution in [0.3, 0.4) is 0 Å². The van der Waals surface area contributed by atoms with E-state index >= 15 is 0 Å². The van der Waals surface area contributed by atoms with Crippen LogP contribution in [0.15, 0.2) is 35.7 Å². The van der Waals surface area contributed by atoms with E-state index in [1.165, 1.54) is 0 Å². The molecule has 0 unspecified atom stereocenters. The van der Waals surface area contributed by atoms with Crippen LogP contribution in [-0.4, -0.2) is 13.0 Å². The summed E-state index contributed by atoms with van der Waals surface area (Å²) in [6.45, 7) is 0.468. The topological polar surface area (TPSA) is 38.3 Å². The molecule has 0 bridgehead atoms. The van der Waals surface area contributed by atoms with Crippen molar-refractivity contribution < 1.29 is 9.53 Å². The van der Waals surface area contributed by atoms with Gasteiger partial charge in [-0.05, 0) is 34.7 Å². The lowest BCUT2D eigenvalue weighted by Crippen LogP contribution is -2.22. The van der Waals surface area contributed by atoms with E-state index in [1.54, 1.807) is 18.4 Å². The van der Waals surface area contributed by atoms with Crippen molar-refractivity contribution in [3.63, 3.8) is 0 Å². The van der Waals surface area contributed by atoms with Gasteiger partial charge in [-0.1, -0.05) is 18.2 Å². The molecule has 3 nitrogen and oxygen atoms in total. The summed E-state index contributed by atoms with van der Waals surface area (Å²) in [5.41, 5.74) is 1.68. The lowest BCUT2D eigenvalue weighted by atomic mass is 10.2. The van der Waals surface area contributed by atoms with Gasteiger partial charge in [-0.2, -0.15) is 0 Å². The number of rotatable bonds is 4. The summed E-state index contributed by atoms with van der Waals surface area (Å²) in [4.78, 5) is 11.9. The number of hydrogen-bond acceptors (Lipinski definition) is 3. The van der Waals surface area contributed by atoms with E-state index in [4.69, 9.17) is 4.74 Å². The predicted molar refractivity (Wildman–Crippen MR) is 81.2 cm³/mol. The minimum Gasteiger partial charge on any atom is -0.496 e. The Balaban J connectivity index is 2.01. The Morgan fingerprint density at radius 2 is 2.22 bits per heavy atom. The predicted octanol–water partition coefficient (Wildman–Crippen LogP) is 3.29. The van der Waals surface area contributed by atoms with E-state index in [2.05, 4.69) is 27.9 Å². The van der Waals surface area contributed by atoms with E-state index in [0.29, 0.717) is 12.1 Å². The van der Waals surface area contributed by atoms with Crippen molar-refractivity contribution in [2.75, 3.05) is 7.11 Å². The number of para-hydroxylation sites is 1. The van der Waals surface area contributed by atoms with E-state index in [-0.39, 0.29) is 5.91 Å². The smallest absolute Gasteiger partial charge is 0.252 e. The van der Waals surface area contributed by atoms with Crippen molar-refractivity contribution in [1.29, 1.82) is 0 Å². The van der Waals surface area contributed by atoms with Crippen LogP contribution < -0.4 is 10.1 Å². The number of nitrogens with one attached hydrogen (secondary N) is 1. The maximum absolute atomic E-state index is 11.9. The molecule has 2 rings (SSSR count). The third kappa shape index (κ3) is 3.23. The molecule has 0 saturated heterocycles. The van der Waals surface area contributed by atoms with Crippen molar-refractivity contribution in [1.82, 2.24) is 5.32 Å². The molecule has 0 saturated carbocycles. The average molecular weight is 373 g/mol. The number of ether oxygens (including phenoxy) is 1. The zero-order valence-electron chi connectivity index (χ0n) is 9.77. The first-order chi connectivity index (χ1) is 8.70. The van der Waals surface area contributed by atoms with Gasteiger partial charge < -0.3 is 10.1 Å². The molecule has 0 spiro atoms. The number of hydrogen-bond donors (Lipinski definition) is 1. The monoisotopic (exact) mass is 373 g/mol. The van der Waals surface area contributed by atoms with Gasteiger partial charge in [0.15, 0.2) is 0 Å². The second-order valence-corrected chi connectivity index (χ2v) is 6.44. The molecule has 0 aliphatic rings. The van der Waals surface area contributed by atoms with Gasteiger partial charge in [0.2, 0.25) is 0 Å². The Hall–Kier alpha value is -1.08. The molecule has 1 aromatic carbocycles. The highest BCUT2D eigenvalue weighted by molar-refractivity contribution is 14.1. The number of thiophene rings is 1. The molecule has 18 heavy (non-hydrogen) atoms. The van der Waals surface area contributed by atoms with Gasteiger partial charge in [0.25, 0.3) is 5.91 Å². The highest BCUT2D eigenvalue weighted by Crippen LogP contribution is 2.18. The number of amides is 1. The number of benzene rings is 1. The van der Waals surface area contributed by atoms with Crippen LogP contribution in [0.25, 0.3) is 0 Å². The zero-order valence-corrected chi connectivity index (χ0v) is 12.7. The van der Waals surface area contributed by atoms with Crippen molar-refractivity contribution in [2.24, 2.45) is 0 Å². The molecule has 0 fully saturated rings. The quantitative estimate of drug-likeness (QED) is 0.836. The first-order valence-electron chi connectivity index (χ1n) is 5.35. The number of carbonyl (C=O) groups is 1. The van der Waals surface area contributed by atoms with E-state index < -0.39 is 0 Å². The van der Waals surface area contributed by atoms with Crippen LogP contribution in [0.1, 0.15) is 15.9 Å². The first-order valence-corrected chi connectivity index (χ1v) is 7.30. The van der Waals surface area contributed by atoms with Gasteiger partial charge in [-0.25, -0.2) is 0 Å². The van der Waals surface area contributed by atoms with Gasteiger partial charge >= 0.3 is 0 Å². The lowest BCUT2D eigenvalue weighted by Gasteiger charge is -2.08. The minimum atomic E-state index is -0.0555. The van der Waals surface area contributed by atoms with Gasteiger partial charge in [-0.3, -0.25) is 4.79 Å². The summed E-state index contributed by atoms with van der Waals surface area (Å²) in [6, 6.07) is 9.54. The van der Waals surface area contributed by atoms with Crippen LogP contribution in [-0.2, 0) is 6.54 Å². The molecule has 94 valence electrons. The average Bonchev–Trinajstić information content (AvgIpc) is 2.83. The standard InChI is InChI=1S/C13H12INO2S/c1-17-11-5-3-2-4-9(11)7-15-13(16)10-6-12(14)18-8-10/h2-6,8H,7H2,1H3,(H,15,16). The molecule has 1 N–H and O–H groups in total. The molecule has 0 aliphatic carbocycles. The van der Waals surface area contributed by atoms with Gasteiger partial charge in [0.05, 0.1) is 15.6 Å². The fraction of sp³-hybridized carbons (Fsp3) is 0.154. The molecule has 1 aromatic heterocycles. The van der Waals surface area contributed by atoms with Crippen molar-refractivity contribution >= 4 is 39.8 Å². The van der Waals surface area contributed by atoms with Crippen molar-refractivity contribution in [3.05, 3.63) is 49.7 Å². The number of methoxy groups -OCH3 is 1. The Labute approximate surface area is 123 Å².